The van der Waals surface area contributed by atoms with Crippen LogP contribution in [0.25, 0.3) is 17.1 Å². The van der Waals surface area contributed by atoms with E-state index < -0.39 is 0 Å². The zero-order valence-corrected chi connectivity index (χ0v) is 22.7. The summed E-state index contributed by atoms with van der Waals surface area (Å²) in [6.45, 7) is 6.55. The Hall–Kier alpha value is -3.86. The summed E-state index contributed by atoms with van der Waals surface area (Å²) < 4.78 is 8.48. The SMILES string of the molecule is Cc1cccc(C)c1OCCCCn1c(CCCCCNC(=O)/C=C/c2ccccc2)nc2ccccc21. The van der Waals surface area contributed by atoms with E-state index in [0.29, 0.717) is 6.54 Å². The molecule has 0 aliphatic heterocycles. The maximum atomic E-state index is 12.1. The molecule has 198 valence electrons. The number of fused-ring (bicyclic) bond motifs is 1. The number of aromatic nitrogens is 2. The summed E-state index contributed by atoms with van der Waals surface area (Å²) in [4.78, 5) is 17.0. The molecule has 1 aromatic heterocycles. The highest BCUT2D eigenvalue weighted by Gasteiger charge is 2.10. The minimum absolute atomic E-state index is 0.0442. The first kappa shape index (κ1) is 27.2. The van der Waals surface area contributed by atoms with E-state index in [9.17, 15) is 4.79 Å². The number of hydrogen-bond acceptors (Lipinski definition) is 3. The van der Waals surface area contributed by atoms with E-state index in [1.807, 2.05) is 36.4 Å². The lowest BCUT2D eigenvalue weighted by Gasteiger charge is -2.13. The summed E-state index contributed by atoms with van der Waals surface area (Å²) in [5, 5.41) is 2.98. The van der Waals surface area contributed by atoms with E-state index in [1.54, 1.807) is 6.08 Å². The van der Waals surface area contributed by atoms with Crippen molar-refractivity contribution in [1.29, 1.82) is 0 Å². The second-order valence-electron chi connectivity index (χ2n) is 9.79. The molecule has 1 heterocycles. The molecule has 0 unspecified atom stereocenters. The number of amides is 1. The lowest BCUT2D eigenvalue weighted by Crippen LogP contribution is -2.22. The Bertz CT molecular complexity index is 1320. The number of hydrogen-bond donors (Lipinski definition) is 1. The van der Waals surface area contributed by atoms with Gasteiger partial charge >= 0.3 is 0 Å². The number of imidazole rings is 1. The largest absolute Gasteiger partial charge is 0.493 e. The molecule has 0 bridgehead atoms. The maximum absolute atomic E-state index is 12.1. The highest BCUT2D eigenvalue weighted by Crippen LogP contribution is 2.23. The molecular weight excluding hydrogens is 470 g/mol. The predicted molar refractivity (Wildman–Crippen MR) is 156 cm³/mol. The summed E-state index contributed by atoms with van der Waals surface area (Å²) in [5.41, 5.74) is 5.68. The number of rotatable bonds is 14. The fourth-order valence-corrected chi connectivity index (χ4v) is 4.73. The monoisotopic (exact) mass is 509 g/mol. The Morgan fingerprint density at radius 2 is 1.63 bits per heavy atom. The first-order valence-corrected chi connectivity index (χ1v) is 13.8. The Labute approximate surface area is 226 Å². The van der Waals surface area contributed by atoms with E-state index in [4.69, 9.17) is 9.72 Å². The van der Waals surface area contributed by atoms with Crippen LogP contribution in [-0.2, 0) is 17.8 Å². The number of benzene rings is 3. The lowest BCUT2D eigenvalue weighted by molar-refractivity contribution is -0.116. The Kier molecular flexibility index (Phi) is 10.1. The van der Waals surface area contributed by atoms with Crippen LogP contribution in [0.3, 0.4) is 0 Å². The van der Waals surface area contributed by atoms with Crippen LogP contribution in [0.2, 0.25) is 0 Å². The molecule has 5 heteroatoms. The van der Waals surface area contributed by atoms with E-state index in [2.05, 4.69) is 66.2 Å². The molecule has 3 aromatic carbocycles. The Morgan fingerprint density at radius 1 is 0.868 bits per heavy atom. The normalized spacial score (nSPS) is 11.3. The number of aryl methyl sites for hydroxylation is 4. The van der Waals surface area contributed by atoms with Gasteiger partial charge in [-0.15, -0.1) is 0 Å². The lowest BCUT2D eigenvalue weighted by atomic mass is 10.1. The zero-order valence-electron chi connectivity index (χ0n) is 22.7. The number of ether oxygens (including phenoxy) is 1. The quantitative estimate of drug-likeness (QED) is 0.146. The van der Waals surface area contributed by atoms with Gasteiger partial charge < -0.3 is 14.6 Å². The van der Waals surface area contributed by atoms with Crippen LogP contribution in [-0.4, -0.2) is 28.6 Å². The van der Waals surface area contributed by atoms with Crippen LogP contribution in [0.15, 0.2) is 78.9 Å². The van der Waals surface area contributed by atoms with Crippen LogP contribution < -0.4 is 10.1 Å². The third kappa shape index (κ3) is 7.82. The van der Waals surface area contributed by atoms with Gasteiger partial charge in [-0.2, -0.15) is 0 Å². The van der Waals surface area contributed by atoms with Crippen molar-refractivity contribution in [2.45, 2.75) is 58.9 Å². The number of para-hydroxylation sites is 3. The van der Waals surface area contributed by atoms with Crippen LogP contribution >= 0.6 is 0 Å². The van der Waals surface area contributed by atoms with Gasteiger partial charge in [0.25, 0.3) is 0 Å². The van der Waals surface area contributed by atoms with Crippen molar-refractivity contribution in [2.24, 2.45) is 0 Å². The van der Waals surface area contributed by atoms with E-state index in [0.717, 1.165) is 74.3 Å². The number of carbonyl (C=O) groups is 1. The van der Waals surface area contributed by atoms with E-state index >= 15 is 0 Å². The minimum Gasteiger partial charge on any atom is -0.493 e. The molecule has 0 radical (unpaired) electrons. The van der Waals surface area contributed by atoms with Crippen molar-refractivity contribution in [3.8, 4) is 5.75 Å². The highest BCUT2D eigenvalue weighted by atomic mass is 16.5. The molecule has 4 rings (SSSR count). The molecule has 1 amide bonds. The van der Waals surface area contributed by atoms with E-state index in [1.165, 1.54) is 16.6 Å². The van der Waals surface area contributed by atoms with Gasteiger partial charge in [-0.3, -0.25) is 4.79 Å². The highest BCUT2D eigenvalue weighted by molar-refractivity contribution is 5.91. The second kappa shape index (κ2) is 14.2. The fourth-order valence-electron chi connectivity index (χ4n) is 4.73. The smallest absolute Gasteiger partial charge is 0.243 e. The average molecular weight is 510 g/mol. The van der Waals surface area contributed by atoms with Crippen LogP contribution in [0.4, 0.5) is 0 Å². The molecule has 0 aliphatic rings. The van der Waals surface area contributed by atoms with Gasteiger partial charge in [0.15, 0.2) is 0 Å². The molecular formula is C33H39N3O2. The van der Waals surface area contributed by atoms with Crippen LogP contribution in [0, 0.1) is 13.8 Å². The molecule has 5 nitrogen and oxygen atoms in total. The fraction of sp³-hybridized carbons (Fsp3) is 0.333. The summed E-state index contributed by atoms with van der Waals surface area (Å²) >= 11 is 0. The molecule has 0 atom stereocenters. The van der Waals surface area contributed by atoms with Crippen molar-refractivity contribution in [2.75, 3.05) is 13.2 Å². The van der Waals surface area contributed by atoms with Crippen LogP contribution in [0.1, 0.15) is 54.6 Å². The van der Waals surface area contributed by atoms with Crippen molar-refractivity contribution in [3.63, 3.8) is 0 Å². The molecule has 0 saturated heterocycles. The van der Waals surface area contributed by atoms with Gasteiger partial charge in [-0.1, -0.05) is 67.1 Å². The minimum atomic E-state index is -0.0442. The van der Waals surface area contributed by atoms with Crippen molar-refractivity contribution >= 4 is 23.0 Å². The third-order valence-corrected chi connectivity index (χ3v) is 6.77. The molecule has 1 N–H and O–H groups in total. The van der Waals surface area contributed by atoms with Gasteiger partial charge in [0, 0.05) is 25.6 Å². The summed E-state index contributed by atoms with van der Waals surface area (Å²) in [7, 11) is 0. The number of carbonyl (C=O) groups excluding carboxylic acids is 1. The van der Waals surface area contributed by atoms with Crippen molar-refractivity contribution < 1.29 is 9.53 Å². The number of nitrogens with one attached hydrogen (secondary N) is 1. The molecule has 4 aromatic rings. The van der Waals surface area contributed by atoms with Crippen molar-refractivity contribution in [3.05, 3.63) is 101 Å². The Morgan fingerprint density at radius 3 is 2.45 bits per heavy atom. The first-order valence-electron chi connectivity index (χ1n) is 13.8. The Balaban J connectivity index is 1.20. The maximum Gasteiger partial charge on any atom is 0.243 e. The number of nitrogens with zero attached hydrogens (tertiary/aromatic N) is 2. The average Bonchev–Trinajstić information content (AvgIpc) is 3.28. The van der Waals surface area contributed by atoms with Gasteiger partial charge in [0.2, 0.25) is 5.91 Å². The van der Waals surface area contributed by atoms with E-state index in [-0.39, 0.29) is 5.91 Å². The summed E-state index contributed by atoms with van der Waals surface area (Å²) in [6.07, 6.45) is 9.49. The van der Waals surface area contributed by atoms with Crippen LogP contribution in [0.5, 0.6) is 5.75 Å². The standard InChI is InChI=1S/C33H39N3O2/c1-26-14-13-15-27(2)33(26)38-25-12-11-24-36-30-19-9-8-18-29(30)35-31(36)20-7-4-10-23-34-32(37)22-21-28-16-5-3-6-17-28/h3,5-6,8-9,13-19,21-22H,4,7,10-12,20,23-25H2,1-2H3,(H,34,37)/b22-21+. The predicted octanol–water partition coefficient (Wildman–Crippen LogP) is 7.05. The zero-order chi connectivity index (χ0) is 26.6. The molecule has 38 heavy (non-hydrogen) atoms. The number of unbranched alkanes of at least 4 members (excludes halogenated alkanes) is 3. The van der Waals surface area contributed by atoms with Gasteiger partial charge in [0.1, 0.15) is 11.6 Å². The first-order chi connectivity index (χ1) is 18.6. The molecule has 0 saturated carbocycles. The van der Waals surface area contributed by atoms with Gasteiger partial charge in [-0.25, -0.2) is 4.98 Å². The van der Waals surface area contributed by atoms with Gasteiger partial charge in [-0.05, 0) is 74.4 Å². The van der Waals surface area contributed by atoms with Gasteiger partial charge in [0.05, 0.1) is 17.6 Å². The topological polar surface area (TPSA) is 56.1 Å². The second-order valence-corrected chi connectivity index (χ2v) is 9.79. The molecule has 0 spiro atoms. The summed E-state index contributed by atoms with van der Waals surface area (Å²) in [6, 6.07) is 24.5. The molecule has 0 fully saturated rings. The van der Waals surface area contributed by atoms with Crippen molar-refractivity contribution in [1.82, 2.24) is 14.9 Å². The molecule has 0 aliphatic carbocycles. The summed E-state index contributed by atoms with van der Waals surface area (Å²) in [5.74, 6) is 2.12. The third-order valence-electron chi connectivity index (χ3n) is 6.77.